The van der Waals surface area contributed by atoms with E-state index in [4.69, 9.17) is 5.73 Å². The van der Waals surface area contributed by atoms with Crippen LogP contribution in [0.4, 0.5) is 5.82 Å². The number of hydrogen-bond acceptors (Lipinski definition) is 3. The zero-order valence-corrected chi connectivity index (χ0v) is 10.0. The summed E-state index contributed by atoms with van der Waals surface area (Å²) >= 11 is 1.93. The lowest BCUT2D eigenvalue weighted by atomic mass is 10.3. The fraction of sp³-hybridized carbons (Fsp3) is 0.700. The van der Waals surface area contributed by atoms with Crippen molar-refractivity contribution in [3.8, 4) is 0 Å². The van der Waals surface area contributed by atoms with Gasteiger partial charge in [-0.05, 0) is 11.5 Å². The number of aryl methyl sites for hydroxylation is 2. The number of imidazole rings is 1. The molecule has 0 aliphatic heterocycles. The molecular formula is C10H19N3S. The van der Waals surface area contributed by atoms with Crippen molar-refractivity contribution in [1.82, 2.24) is 9.55 Å². The first-order valence-electron chi connectivity index (χ1n) is 5.08. The smallest absolute Gasteiger partial charge is 0.126 e. The molecule has 1 rings (SSSR count). The number of hydrogen-bond donors (Lipinski definition) is 1. The van der Waals surface area contributed by atoms with Gasteiger partial charge in [0.25, 0.3) is 0 Å². The molecule has 3 nitrogen and oxygen atoms in total. The predicted molar refractivity (Wildman–Crippen MR) is 63.7 cm³/mol. The molecule has 0 aromatic carbocycles. The number of nitrogens with two attached hydrogens (primary N) is 1. The van der Waals surface area contributed by atoms with Gasteiger partial charge in [0.05, 0.1) is 5.69 Å². The van der Waals surface area contributed by atoms with Gasteiger partial charge in [0.2, 0.25) is 0 Å². The van der Waals surface area contributed by atoms with E-state index in [1.54, 1.807) is 0 Å². The van der Waals surface area contributed by atoms with Crippen molar-refractivity contribution in [3.63, 3.8) is 0 Å². The van der Waals surface area contributed by atoms with Crippen LogP contribution in [0.5, 0.6) is 0 Å². The van der Waals surface area contributed by atoms with Crippen molar-refractivity contribution < 1.29 is 0 Å². The summed E-state index contributed by atoms with van der Waals surface area (Å²) in [6, 6.07) is 0. The lowest BCUT2D eigenvalue weighted by Crippen LogP contribution is -2.01. The van der Waals surface area contributed by atoms with Gasteiger partial charge in [0.15, 0.2) is 0 Å². The first kappa shape index (κ1) is 11.4. The molecule has 0 saturated carbocycles. The van der Waals surface area contributed by atoms with Crippen molar-refractivity contribution in [2.75, 3.05) is 17.2 Å². The standard InChI is InChI=1S/C10H19N3S/c1-4-9-12-8(6-7-14-5-2)10(11)13(9)3/h4-7,11H2,1-3H3. The minimum Gasteiger partial charge on any atom is -0.384 e. The summed E-state index contributed by atoms with van der Waals surface area (Å²) in [5.74, 6) is 4.19. The van der Waals surface area contributed by atoms with Crippen molar-refractivity contribution in [1.29, 1.82) is 0 Å². The molecule has 0 aliphatic rings. The van der Waals surface area contributed by atoms with Gasteiger partial charge < -0.3 is 10.3 Å². The highest BCUT2D eigenvalue weighted by Gasteiger charge is 2.09. The molecule has 4 heteroatoms. The molecule has 0 unspecified atom stereocenters. The van der Waals surface area contributed by atoms with E-state index in [0.29, 0.717) is 0 Å². The Hall–Kier alpha value is -0.640. The van der Waals surface area contributed by atoms with Crippen LogP contribution in [0, 0.1) is 0 Å². The molecule has 0 spiro atoms. The van der Waals surface area contributed by atoms with Crippen LogP contribution in [0.3, 0.4) is 0 Å². The summed E-state index contributed by atoms with van der Waals surface area (Å²) in [4.78, 5) is 4.52. The maximum absolute atomic E-state index is 5.95. The molecule has 80 valence electrons. The van der Waals surface area contributed by atoms with Crippen LogP contribution in [0.1, 0.15) is 25.4 Å². The highest BCUT2D eigenvalue weighted by molar-refractivity contribution is 7.99. The fourth-order valence-corrected chi connectivity index (χ4v) is 2.06. The molecule has 0 fully saturated rings. The summed E-state index contributed by atoms with van der Waals surface area (Å²) in [5.41, 5.74) is 7.01. The lowest BCUT2D eigenvalue weighted by molar-refractivity contribution is 0.815. The molecule has 0 atom stereocenters. The van der Waals surface area contributed by atoms with E-state index in [0.717, 1.165) is 41.7 Å². The molecule has 0 amide bonds. The molecule has 1 heterocycles. The molecule has 1 aromatic heterocycles. The van der Waals surface area contributed by atoms with Crippen molar-refractivity contribution >= 4 is 17.6 Å². The quantitative estimate of drug-likeness (QED) is 0.759. The normalized spacial score (nSPS) is 10.8. The van der Waals surface area contributed by atoms with Gasteiger partial charge in [-0.15, -0.1) is 0 Å². The van der Waals surface area contributed by atoms with Crippen LogP contribution in [0.2, 0.25) is 0 Å². The Morgan fingerprint density at radius 2 is 2.14 bits per heavy atom. The van der Waals surface area contributed by atoms with E-state index >= 15 is 0 Å². The second-order valence-corrected chi connectivity index (χ2v) is 4.61. The van der Waals surface area contributed by atoms with Gasteiger partial charge in [-0.2, -0.15) is 11.8 Å². The third-order valence-electron chi connectivity index (χ3n) is 2.31. The highest BCUT2D eigenvalue weighted by Crippen LogP contribution is 2.15. The summed E-state index contributed by atoms with van der Waals surface area (Å²) in [5, 5.41) is 0. The average molecular weight is 213 g/mol. The Bertz CT molecular complexity index is 294. The Balaban J connectivity index is 2.67. The molecule has 0 radical (unpaired) electrons. The number of rotatable bonds is 5. The van der Waals surface area contributed by atoms with Gasteiger partial charge in [-0.3, -0.25) is 0 Å². The SMILES string of the molecule is CCSCCc1nc(CC)n(C)c1N. The monoisotopic (exact) mass is 213 g/mol. The summed E-state index contributed by atoms with van der Waals surface area (Å²) in [7, 11) is 1.98. The maximum Gasteiger partial charge on any atom is 0.126 e. The van der Waals surface area contributed by atoms with E-state index < -0.39 is 0 Å². The Labute approximate surface area is 90.1 Å². The van der Waals surface area contributed by atoms with Crippen LogP contribution in [-0.4, -0.2) is 21.1 Å². The minimum atomic E-state index is 0.832. The van der Waals surface area contributed by atoms with Gasteiger partial charge in [-0.1, -0.05) is 13.8 Å². The largest absolute Gasteiger partial charge is 0.384 e. The van der Waals surface area contributed by atoms with Crippen molar-refractivity contribution in [3.05, 3.63) is 11.5 Å². The zero-order valence-electron chi connectivity index (χ0n) is 9.21. The molecular weight excluding hydrogens is 194 g/mol. The first-order valence-corrected chi connectivity index (χ1v) is 6.23. The number of nitrogen functional groups attached to an aromatic ring is 1. The van der Waals surface area contributed by atoms with E-state index in [-0.39, 0.29) is 0 Å². The Morgan fingerprint density at radius 1 is 1.43 bits per heavy atom. The molecule has 2 N–H and O–H groups in total. The first-order chi connectivity index (χ1) is 6.70. The van der Waals surface area contributed by atoms with Crippen LogP contribution in [-0.2, 0) is 19.9 Å². The number of nitrogens with zero attached hydrogens (tertiary/aromatic N) is 2. The zero-order chi connectivity index (χ0) is 10.6. The molecule has 0 saturated heterocycles. The predicted octanol–water partition coefficient (Wildman–Crippen LogP) is 1.86. The average Bonchev–Trinajstić information content (AvgIpc) is 2.46. The summed E-state index contributed by atoms with van der Waals surface area (Å²) in [6.45, 7) is 4.27. The van der Waals surface area contributed by atoms with E-state index in [1.807, 2.05) is 23.4 Å². The second kappa shape index (κ2) is 5.29. The Morgan fingerprint density at radius 3 is 2.64 bits per heavy atom. The van der Waals surface area contributed by atoms with Crippen LogP contribution in [0.15, 0.2) is 0 Å². The topological polar surface area (TPSA) is 43.8 Å². The van der Waals surface area contributed by atoms with Gasteiger partial charge in [0, 0.05) is 19.9 Å². The summed E-state index contributed by atoms with van der Waals surface area (Å²) < 4.78 is 1.99. The van der Waals surface area contributed by atoms with E-state index in [1.165, 1.54) is 0 Å². The second-order valence-electron chi connectivity index (χ2n) is 3.22. The molecule has 1 aromatic rings. The van der Waals surface area contributed by atoms with E-state index in [2.05, 4.69) is 18.8 Å². The molecule has 0 aliphatic carbocycles. The minimum absolute atomic E-state index is 0.832. The fourth-order valence-electron chi connectivity index (χ4n) is 1.43. The molecule has 14 heavy (non-hydrogen) atoms. The maximum atomic E-state index is 5.95. The van der Waals surface area contributed by atoms with Gasteiger partial charge in [-0.25, -0.2) is 4.98 Å². The van der Waals surface area contributed by atoms with Crippen LogP contribution < -0.4 is 5.73 Å². The number of thioether (sulfide) groups is 1. The lowest BCUT2D eigenvalue weighted by Gasteiger charge is -1.99. The van der Waals surface area contributed by atoms with Crippen LogP contribution >= 0.6 is 11.8 Å². The van der Waals surface area contributed by atoms with Crippen LogP contribution in [0.25, 0.3) is 0 Å². The molecule has 0 bridgehead atoms. The Kier molecular flexibility index (Phi) is 4.32. The van der Waals surface area contributed by atoms with Crippen molar-refractivity contribution in [2.45, 2.75) is 26.7 Å². The third kappa shape index (κ3) is 2.44. The van der Waals surface area contributed by atoms with Gasteiger partial charge in [0.1, 0.15) is 11.6 Å². The van der Waals surface area contributed by atoms with E-state index in [9.17, 15) is 0 Å². The van der Waals surface area contributed by atoms with Crippen molar-refractivity contribution in [2.24, 2.45) is 7.05 Å². The number of aromatic nitrogens is 2. The summed E-state index contributed by atoms with van der Waals surface area (Å²) in [6.07, 6.45) is 1.93. The third-order valence-corrected chi connectivity index (χ3v) is 3.21. The number of anilines is 1. The van der Waals surface area contributed by atoms with Gasteiger partial charge >= 0.3 is 0 Å². The highest BCUT2D eigenvalue weighted by atomic mass is 32.2.